The van der Waals surface area contributed by atoms with Crippen LogP contribution < -0.4 is 5.73 Å². The molecular weight excluding hydrogens is 276 g/mol. The number of benzene rings is 1. The van der Waals surface area contributed by atoms with Gasteiger partial charge in [-0.1, -0.05) is 6.07 Å². The predicted molar refractivity (Wildman–Crippen MR) is 63.4 cm³/mol. The van der Waals surface area contributed by atoms with Gasteiger partial charge in [-0.2, -0.15) is 0 Å². The third-order valence-electron chi connectivity index (χ3n) is 3.13. The van der Waals surface area contributed by atoms with E-state index in [4.69, 9.17) is 5.73 Å². The zero-order valence-electron chi connectivity index (χ0n) is 8.85. The van der Waals surface area contributed by atoms with Crippen LogP contribution in [0.25, 0.3) is 0 Å². The molecule has 1 aliphatic carbocycles. The molecule has 1 saturated carbocycles. The van der Waals surface area contributed by atoms with Crippen molar-refractivity contribution in [3.05, 3.63) is 34.1 Å². The van der Waals surface area contributed by atoms with Crippen LogP contribution in [0.4, 0.5) is 8.78 Å². The van der Waals surface area contributed by atoms with Crippen molar-refractivity contribution >= 4 is 15.9 Å². The molecular formula is C12H14BrF2N. The highest BCUT2D eigenvalue weighted by atomic mass is 79.9. The van der Waals surface area contributed by atoms with Crippen molar-refractivity contribution in [3.8, 4) is 0 Å². The van der Waals surface area contributed by atoms with Gasteiger partial charge in [-0.3, -0.25) is 0 Å². The number of halogens is 3. The number of hydrogen-bond acceptors (Lipinski definition) is 1. The minimum Gasteiger partial charge on any atom is -0.328 e. The van der Waals surface area contributed by atoms with Crippen LogP contribution in [0.1, 0.15) is 18.4 Å². The summed E-state index contributed by atoms with van der Waals surface area (Å²) in [5, 5.41) is 0. The van der Waals surface area contributed by atoms with E-state index in [1.165, 1.54) is 6.07 Å². The van der Waals surface area contributed by atoms with E-state index in [-0.39, 0.29) is 24.7 Å². The molecule has 0 spiro atoms. The first kappa shape index (κ1) is 12.0. The van der Waals surface area contributed by atoms with Crippen LogP contribution in [0.5, 0.6) is 0 Å². The topological polar surface area (TPSA) is 26.0 Å². The highest BCUT2D eigenvalue weighted by molar-refractivity contribution is 9.10. The molecule has 1 atom stereocenters. The fourth-order valence-corrected chi connectivity index (χ4v) is 2.40. The van der Waals surface area contributed by atoms with Gasteiger partial charge < -0.3 is 5.73 Å². The molecule has 0 heterocycles. The number of nitrogens with two attached hydrogens (primary N) is 1. The molecule has 16 heavy (non-hydrogen) atoms. The summed E-state index contributed by atoms with van der Waals surface area (Å²) in [5.41, 5.74) is 4.97. The molecule has 1 fully saturated rings. The van der Waals surface area contributed by atoms with Crippen LogP contribution >= 0.6 is 15.9 Å². The maximum Gasteiger partial charge on any atom is 0.137 e. The summed E-state index contributed by atoms with van der Waals surface area (Å²) in [4.78, 5) is 0. The maximum atomic E-state index is 14.4. The van der Waals surface area contributed by atoms with Gasteiger partial charge in [0.25, 0.3) is 0 Å². The Labute approximate surface area is 102 Å². The van der Waals surface area contributed by atoms with E-state index in [0.717, 1.165) is 18.4 Å². The maximum absolute atomic E-state index is 14.4. The van der Waals surface area contributed by atoms with Gasteiger partial charge in [-0.25, -0.2) is 8.78 Å². The van der Waals surface area contributed by atoms with E-state index in [2.05, 4.69) is 15.9 Å². The van der Waals surface area contributed by atoms with E-state index >= 15 is 0 Å². The van der Waals surface area contributed by atoms with Crippen LogP contribution in [0, 0.1) is 11.7 Å². The number of alkyl halides is 1. The summed E-state index contributed by atoms with van der Waals surface area (Å²) >= 11 is 3.10. The largest absolute Gasteiger partial charge is 0.328 e. The van der Waals surface area contributed by atoms with Crippen molar-refractivity contribution in [1.82, 2.24) is 0 Å². The first-order valence-corrected chi connectivity index (χ1v) is 6.17. The van der Waals surface area contributed by atoms with Crippen LogP contribution in [-0.4, -0.2) is 12.2 Å². The van der Waals surface area contributed by atoms with E-state index in [9.17, 15) is 8.78 Å². The van der Waals surface area contributed by atoms with E-state index in [0.29, 0.717) is 4.47 Å². The normalized spacial score (nSPS) is 19.5. The highest BCUT2D eigenvalue weighted by Gasteiger charge is 2.44. The lowest BCUT2D eigenvalue weighted by Crippen LogP contribution is -2.37. The Morgan fingerprint density at radius 2 is 2.12 bits per heavy atom. The first-order valence-electron chi connectivity index (χ1n) is 5.38. The van der Waals surface area contributed by atoms with Crippen molar-refractivity contribution in [3.63, 3.8) is 0 Å². The van der Waals surface area contributed by atoms with E-state index < -0.39 is 5.67 Å². The minimum atomic E-state index is -1.32. The molecule has 1 aliphatic rings. The zero-order chi connectivity index (χ0) is 11.8. The zero-order valence-corrected chi connectivity index (χ0v) is 10.4. The molecule has 0 amide bonds. The molecule has 0 bridgehead atoms. The van der Waals surface area contributed by atoms with Gasteiger partial charge in [0.15, 0.2) is 0 Å². The minimum absolute atomic E-state index is 0.0344. The van der Waals surface area contributed by atoms with Gasteiger partial charge in [0.05, 0.1) is 4.47 Å². The Morgan fingerprint density at radius 1 is 1.44 bits per heavy atom. The molecule has 0 aliphatic heterocycles. The molecule has 2 N–H and O–H groups in total. The quantitative estimate of drug-likeness (QED) is 0.905. The molecule has 0 radical (unpaired) electrons. The second-order valence-electron chi connectivity index (χ2n) is 4.44. The monoisotopic (exact) mass is 289 g/mol. The lowest BCUT2D eigenvalue weighted by molar-refractivity contribution is 0.142. The van der Waals surface area contributed by atoms with Gasteiger partial charge in [0.2, 0.25) is 0 Å². The van der Waals surface area contributed by atoms with Crippen LogP contribution in [0.15, 0.2) is 22.7 Å². The average Bonchev–Trinajstić information content (AvgIpc) is 3.07. The van der Waals surface area contributed by atoms with Gasteiger partial charge >= 0.3 is 0 Å². The molecule has 88 valence electrons. The van der Waals surface area contributed by atoms with Crippen molar-refractivity contribution in [2.24, 2.45) is 11.7 Å². The van der Waals surface area contributed by atoms with Gasteiger partial charge in [-0.15, -0.1) is 0 Å². The Morgan fingerprint density at radius 3 is 2.62 bits per heavy atom. The smallest absolute Gasteiger partial charge is 0.137 e. The summed E-state index contributed by atoms with van der Waals surface area (Å²) in [6.07, 6.45) is 2.10. The van der Waals surface area contributed by atoms with E-state index in [1.54, 1.807) is 12.1 Å². The van der Waals surface area contributed by atoms with E-state index in [1.807, 2.05) is 0 Å². The van der Waals surface area contributed by atoms with Crippen LogP contribution in [-0.2, 0) is 6.42 Å². The second-order valence-corrected chi connectivity index (χ2v) is 5.29. The third kappa shape index (κ3) is 2.43. The number of hydrogen-bond donors (Lipinski definition) is 1. The molecule has 2 rings (SSSR count). The molecule has 1 aromatic rings. The summed E-state index contributed by atoms with van der Waals surface area (Å²) < 4.78 is 27.8. The lowest BCUT2D eigenvalue weighted by atomic mass is 9.91. The van der Waals surface area contributed by atoms with Gasteiger partial charge in [0.1, 0.15) is 11.5 Å². The summed E-state index contributed by atoms with van der Waals surface area (Å²) in [5.74, 6) is -0.242. The third-order valence-corrected chi connectivity index (χ3v) is 3.74. The molecule has 1 aromatic carbocycles. The fraction of sp³-hybridized carbons (Fsp3) is 0.500. The Hall–Kier alpha value is -0.480. The van der Waals surface area contributed by atoms with Crippen LogP contribution in [0.3, 0.4) is 0 Å². The average molecular weight is 290 g/mol. The van der Waals surface area contributed by atoms with Crippen molar-refractivity contribution in [1.29, 1.82) is 0 Å². The Balaban J connectivity index is 2.15. The summed E-state index contributed by atoms with van der Waals surface area (Å²) in [7, 11) is 0. The number of rotatable bonds is 4. The SMILES string of the molecule is NCC(F)(Cc1ccc(F)c(Br)c1)C1CC1. The molecule has 1 unspecified atom stereocenters. The molecule has 0 saturated heterocycles. The Kier molecular flexibility index (Phi) is 3.31. The van der Waals surface area contributed by atoms with Gasteiger partial charge in [-0.05, 0) is 52.4 Å². The van der Waals surface area contributed by atoms with Crippen molar-refractivity contribution in [2.75, 3.05) is 6.54 Å². The fourth-order valence-electron chi connectivity index (χ4n) is 1.97. The molecule has 1 nitrogen and oxygen atoms in total. The summed E-state index contributed by atoms with van der Waals surface area (Å²) in [6, 6.07) is 4.59. The second kappa shape index (κ2) is 4.41. The van der Waals surface area contributed by atoms with Crippen LogP contribution in [0.2, 0.25) is 0 Å². The van der Waals surface area contributed by atoms with Gasteiger partial charge in [0, 0.05) is 13.0 Å². The summed E-state index contributed by atoms with van der Waals surface area (Å²) in [6.45, 7) is 0.0344. The standard InChI is InChI=1S/C12H14BrF2N/c13-10-5-8(1-4-11(10)14)6-12(15,7-16)9-2-3-9/h1,4-5,9H,2-3,6-7,16H2. The highest BCUT2D eigenvalue weighted by Crippen LogP contribution is 2.43. The van der Waals surface area contributed by atoms with Crippen molar-refractivity contribution < 1.29 is 8.78 Å². The molecule has 0 aromatic heterocycles. The predicted octanol–water partition coefficient (Wildman–Crippen LogP) is 3.21. The van der Waals surface area contributed by atoms with Crippen molar-refractivity contribution in [2.45, 2.75) is 24.9 Å². The molecule has 4 heteroatoms. The first-order chi connectivity index (χ1) is 7.55. The lowest BCUT2D eigenvalue weighted by Gasteiger charge is -2.23. The Bertz CT molecular complexity index is 393.